The maximum atomic E-state index is 12.6. The lowest BCUT2D eigenvalue weighted by atomic mass is 9.43. The van der Waals surface area contributed by atoms with E-state index in [1.54, 1.807) is 0 Å². The van der Waals surface area contributed by atoms with Crippen LogP contribution in [0.5, 0.6) is 0 Å². The molecule has 1 saturated heterocycles. The number of piperidine rings is 1. The predicted molar refractivity (Wildman–Crippen MR) is 135 cm³/mol. The maximum absolute atomic E-state index is 12.6. The molecule has 184 valence electrons. The number of carbonyl (C=O) groups excluding carboxylic acids is 1. The van der Waals surface area contributed by atoms with Crippen molar-refractivity contribution in [3.63, 3.8) is 0 Å². The van der Waals surface area contributed by atoms with Crippen molar-refractivity contribution in [1.29, 1.82) is 0 Å². The van der Waals surface area contributed by atoms with Crippen LogP contribution in [0.1, 0.15) is 119 Å². The van der Waals surface area contributed by atoms with Crippen molar-refractivity contribution in [3.8, 4) is 0 Å². The minimum atomic E-state index is 0.347. The third kappa shape index (κ3) is 3.98. The highest BCUT2D eigenvalue weighted by Gasteiger charge is 2.63. The Kier molecular flexibility index (Phi) is 7.11. The third-order valence-corrected chi connectivity index (χ3v) is 11.6. The number of likely N-dealkylation sites (tertiary alicyclic amines) is 1. The summed E-state index contributed by atoms with van der Waals surface area (Å²) in [5, 5.41) is 0. The first-order valence-corrected chi connectivity index (χ1v) is 14.4. The van der Waals surface area contributed by atoms with E-state index in [0.717, 1.165) is 54.3 Å². The van der Waals surface area contributed by atoms with Gasteiger partial charge in [-0.1, -0.05) is 73.6 Å². The number of rotatable bonds is 7. The van der Waals surface area contributed by atoms with Crippen LogP contribution in [-0.4, -0.2) is 23.9 Å². The lowest BCUT2D eigenvalue weighted by Crippen LogP contribution is -2.63. The number of amides is 1. The summed E-state index contributed by atoms with van der Waals surface area (Å²) in [7, 11) is 2.12. The molecule has 4 fully saturated rings. The molecule has 2 heteroatoms. The molecule has 0 aromatic carbocycles. The quantitative estimate of drug-likeness (QED) is 0.391. The molecule has 4 aliphatic rings. The number of nitrogens with zero attached hydrogens (tertiary/aromatic N) is 1. The molecule has 9 atom stereocenters. The minimum Gasteiger partial charge on any atom is -0.342 e. The number of fused-ring (bicyclic) bond motifs is 5. The van der Waals surface area contributed by atoms with E-state index >= 15 is 0 Å². The standard InChI is InChI=1S/C30H53NO/c1-8-10-22-19-26-30(6,18-16-27(32)31(26)7)25-15-17-29(5)23(13-14-24(29)28(22)25)21(4)12-9-11-20(2)3/h20-26,28H,8-19H2,1-7H3/t21-,22+,23-,24+,25+,26+,28+,29-,30-/m1/s1. The fraction of sp³-hybridized carbons (Fsp3) is 0.967. The second-order valence-corrected chi connectivity index (χ2v) is 13.6. The van der Waals surface area contributed by atoms with Gasteiger partial charge in [0.05, 0.1) is 0 Å². The van der Waals surface area contributed by atoms with Crippen LogP contribution in [-0.2, 0) is 4.79 Å². The Morgan fingerprint density at radius 3 is 2.41 bits per heavy atom. The van der Waals surface area contributed by atoms with E-state index in [0.29, 0.717) is 22.8 Å². The van der Waals surface area contributed by atoms with E-state index in [2.05, 4.69) is 53.5 Å². The Hall–Kier alpha value is -0.530. The van der Waals surface area contributed by atoms with Crippen molar-refractivity contribution in [2.45, 2.75) is 125 Å². The molecule has 1 heterocycles. The highest BCUT2D eigenvalue weighted by Crippen LogP contribution is 2.68. The first kappa shape index (κ1) is 24.6. The van der Waals surface area contributed by atoms with Crippen molar-refractivity contribution < 1.29 is 4.79 Å². The molecular weight excluding hydrogens is 390 g/mol. The fourth-order valence-electron chi connectivity index (χ4n) is 9.97. The lowest BCUT2D eigenvalue weighted by molar-refractivity contribution is -0.169. The van der Waals surface area contributed by atoms with Gasteiger partial charge in [0.15, 0.2) is 0 Å². The topological polar surface area (TPSA) is 20.3 Å². The average Bonchev–Trinajstić information content (AvgIpc) is 3.09. The molecule has 3 aliphatic carbocycles. The number of hydrogen-bond donors (Lipinski definition) is 0. The Balaban J connectivity index is 1.57. The van der Waals surface area contributed by atoms with Crippen LogP contribution in [0.4, 0.5) is 0 Å². The van der Waals surface area contributed by atoms with Crippen molar-refractivity contribution in [1.82, 2.24) is 4.90 Å². The average molecular weight is 444 g/mol. The molecule has 0 radical (unpaired) electrons. The van der Waals surface area contributed by atoms with Crippen molar-refractivity contribution in [2.24, 2.45) is 52.3 Å². The zero-order valence-electron chi connectivity index (χ0n) is 22.5. The molecule has 4 rings (SSSR count). The van der Waals surface area contributed by atoms with Gasteiger partial charge in [-0.3, -0.25) is 4.79 Å². The molecule has 0 bridgehead atoms. The largest absolute Gasteiger partial charge is 0.342 e. The monoisotopic (exact) mass is 443 g/mol. The van der Waals surface area contributed by atoms with E-state index in [9.17, 15) is 4.79 Å². The fourth-order valence-corrected chi connectivity index (χ4v) is 9.97. The van der Waals surface area contributed by atoms with Gasteiger partial charge in [0.1, 0.15) is 0 Å². The second-order valence-electron chi connectivity index (χ2n) is 13.6. The van der Waals surface area contributed by atoms with Crippen molar-refractivity contribution >= 4 is 5.91 Å². The lowest BCUT2D eigenvalue weighted by Gasteiger charge is -2.64. The molecular formula is C30H53NO. The summed E-state index contributed by atoms with van der Waals surface area (Å²) in [6.07, 6.45) is 15.9. The Morgan fingerprint density at radius 2 is 1.72 bits per heavy atom. The first-order chi connectivity index (χ1) is 15.1. The molecule has 0 unspecified atom stereocenters. The van der Waals surface area contributed by atoms with Gasteiger partial charge in [0.2, 0.25) is 5.91 Å². The normalized spacial score (nSPS) is 44.9. The van der Waals surface area contributed by atoms with E-state index < -0.39 is 0 Å². The van der Waals surface area contributed by atoms with Crippen LogP contribution in [0.3, 0.4) is 0 Å². The third-order valence-electron chi connectivity index (χ3n) is 11.6. The summed E-state index contributed by atoms with van der Waals surface area (Å²) in [5.74, 6) is 6.56. The summed E-state index contributed by atoms with van der Waals surface area (Å²) in [4.78, 5) is 14.8. The van der Waals surface area contributed by atoms with E-state index in [1.165, 1.54) is 64.2 Å². The summed E-state index contributed by atoms with van der Waals surface area (Å²) < 4.78 is 0. The van der Waals surface area contributed by atoms with Crippen LogP contribution < -0.4 is 0 Å². The molecule has 0 aromatic heterocycles. The van der Waals surface area contributed by atoms with Gasteiger partial charge in [-0.2, -0.15) is 0 Å². The zero-order chi connectivity index (χ0) is 23.3. The molecule has 0 aromatic rings. The summed E-state index contributed by atoms with van der Waals surface area (Å²) in [6.45, 7) is 15.0. The van der Waals surface area contributed by atoms with Crippen LogP contribution in [0.2, 0.25) is 0 Å². The zero-order valence-corrected chi connectivity index (χ0v) is 22.5. The molecule has 0 spiro atoms. The van der Waals surface area contributed by atoms with Crippen molar-refractivity contribution in [3.05, 3.63) is 0 Å². The second kappa shape index (κ2) is 9.26. The molecule has 0 N–H and O–H groups in total. The van der Waals surface area contributed by atoms with Gasteiger partial charge in [0, 0.05) is 19.5 Å². The first-order valence-electron chi connectivity index (χ1n) is 14.4. The van der Waals surface area contributed by atoms with Gasteiger partial charge < -0.3 is 4.90 Å². The highest BCUT2D eigenvalue weighted by atomic mass is 16.2. The van der Waals surface area contributed by atoms with Crippen LogP contribution in [0.25, 0.3) is 0 Å². The molecule has 2 nitrogen and oxygen atoms in total. The van der Waals surface area contributed by atoms with Crippen LogP contribution in [0.15, 0.2) is 0 Å². The highest BCUT2D eigenvalue weighted by molar-refractivity contribution is 5.77. The molecule has 1 amide bonds. The molecule has 1 aliphatic heterocycles. The van der Waals surface area contributed by atoms with Crippen molar-refractivity contribution in [2.75, 3.05) is 7.05 Å². The number of carbonyl (C=O) groups is 1. The van der Waals surface area contributed by atoms with E-state index in [-0.39, 0.29) is 0 Å². The smallest absolute Gasteiger partial charge is 0.222 e. The van der Waals surface area contributed by atoms with Gasteiger partial charge in [-0.25, -0.2) is 0 Å². The summed E-state index contributed by atoms with van der Waals surface area (Å²) in [6, 6.07) is 0.484. The Bertz CT molecular complexity index is 672. The van der Waals surface area contributed by atoms with Crippen LogP contribution >= 0.6 is 0 Å². The van der Waals surface area contributed by atoms with Gasteiger partial charge >= 0.3 is 0 Å². The Morgan fingerprint density at radius 1 is 1.00 bits per heavy atom. The minimum absolute atomic E-state index is 0.347. The summed E-state index contributed by atoms with van der Waals surface area (Å²) in [5.41, 5.74) is 0.907. The summed E-state index contributed by atoms with van der Waals surface area (Å²) >= 11 is 0. The predicted octanol–water partition coefficient (Wildman–Crippen LogP) is 7.95. The van der Waals surface area contributed by atoms with Gasteiger partial charge in [0.25, 0.3) is 0 Å². The Labute approximate surface area is 199 Å². The van der Waals surface area contributed by atoms with E-state index in [1.807, 2.05) is 0 Å². The molecule has 32 heavy (non-hydrogen) atoms. The number of hydrogen-bond acceptors (Lipinski definition) is 1. The molecule has 3 saturated carbocycles. The SMILES string of the molecule is CCC[C@H]1C[C@@H]2N(C)C(=O)CC[C@]2(C)[C@H]2CC[C@]3(C)[C@@H]([C@H](C)CCCC(C)C)CC[C@H]3[C@H]12. The van der Waals surface area contributed by atoms with Crippen LogP contribution in [0, 0.1) is 52.3 Å². The van der Waals surface area contributed by atoms with E-state index in [4.69, 9.17) is 0 Å². The maximum Gasteiger partial charge on any atom is 0.222 e. The van der Waals surface area contributed by atoms with Gasteiger partial charge in [-0.15, -0.1) is 0 Å². The van der Waals surface area contributed by atoms with Gasteiger partial charge in [-0.05, 0) is 90.8 Å².